The lowest BCUT2D eigenvalue weighted by atomic mass is 9.84. The number of anilines is 1. The molecule has 1 atom stereocenters. The number of nitrogens with zero attached hydrogens (tertiary/aromatic N) is 3. The minimum atomic E-state index is -1.24. The van der Waals surface area contributed by atoms with E-state index >= 15 is 0 Å². The first-order valence-electron chi connectivity index (χ1n) is 12.0. The molecule has 1 saturated heterocycles. The van der Waals surface area contributed by atoms with Crippen LogP contribution < -0.4 is 10.6 Å². The summed E-state index contributed by atoms with van der Waals surface area (Å²) < 4.78 is 1.76. The van der Waals surface area contributed by atoms with E-state index in [4.69, 9.17) is 0 Å². The molecule has 2 N–H and O–H groups in total. The van der Waals surface area contributed by atoms with Crippen molar-refractivity contribution in [2.24, 2.45) is 0 Å². The molecule has 0 aliphatic carbocycles. The van der Waals surface area contributed by atoms with E-state index in [1.54, 1.807) is 18.5 Å². The molecular formula is C28H33N5O3. The molecule has 8 heteroatoms. The van der Waals surface area contributed by atoms with E-state index < -0.39 is 29.9 Å². The Morgan fingerprint density at radius 1 is 1.00 bits per heavy atom. The Morgan fingerprint density at radius 2 is 1.61 bits per heavy atom. The predicted octanol–water partition coefficient (Wildman–Crippen LogP) is 4.50. The van der Waals surface area contributed by atoms with Gasteiger partial charge in [-0.1, -0.05) is 62.7 Å². The highest BCUT2D eigenvalue weighted by atomic mass is 16.2. The zero-order valence-corrected chi connectivity index (χ0v) is 21.9. The van der Waals surface area contributed by atoms with Gasteiger partial charge >= 0.3 is 6.03 Å². The van der Waals surface area contributed by atoms with E-state index in [9.17, 15) is 14.4 Å². The molecule has 1 aromatic heterocycles. The minimum Gasteiger partial charge on any atom is -0.321 e. The molecule has 1 aliphatic heterocycles. The lowest BCUT2D eigenvalue weighted by Crippen LogP contribution is -2.42. The maximum absolute atomic E-state index is 13.3. The first kappa shape index (κ1) is 25.2. The van der Waals surface area contributed by atoms with Crippen LogP contribution in [0.3, 0.4) is 0 Å². The number of aromatic nitrogens is 2. The Kier molecular flexibility index (Phi) is 6.24. The van der Waals surface area contributed by atoms with Crippen molar-refractivity contribution in [3.63, 3.8) is 0 Å². The Hall–Kier alpha value is -3.94. The van der Waals surface area contributed by atoms with Crippen LogP contribution >= 0.6 is 0 Å². The van der Waals surface area contributed by atoms with Gasteiger partial charge in [0.05, 0.1) is 22.8 Å². The maximum atomic E-state index is 13.3. The zero-order chi connectivity index (χ0) is 26.4. The molecule has 8 nitrogen and oxygen atoms in total. The number of carbonyl (C=O) groups is 3. The zero-order valence-electron chi connectivity index (χ0n) is 21.9. The second-order valence-electron chi connectivity index (χ2n) is 10.6. The number of carbonyl (C=O) groups excluding carboxylic acids is 3. The summed E-state index contributed by atoms with van der Waals surface area (Å²) in [6.45, 7) is 13.3. The first-order chi connectivity index (χ1) is 16.8. The molecule has 0 saturated carbocycles. The van der Waals surface area contributed by atoms with Gasteiger partial charge in [-0.2, -0.15) is 5.10 Å². The Bertz CT molecular complexity index is 1330. The molecule has 36 heavy (non-hydrogen) atoms. The third-order valence-electron chi connectivity index (χ3n) is 6.74. The van der Waals surface area contributed by atoms with Crippen LogP contribution in [-0.4, -0.2) is 39.1 Å². The van der Waals surface area contributed by atoms with Crippen LogP contribution in [0.15, 0.2) is 48.5 Å². The molecule has 4 rings (SSSR count). The fraction of sp³-hybridized carbons (Fsp3) is 0.357. The number of nitrogens with one attached hydrogen (secondary N) is 2. The summed E-state index contributed by atoms with van der Waals surface area (Å²) in [6.07, 6.45) is 0. The van der Waals surface area contributed by atoms with Gasteiger partial charge in [0.25, 0.3) is 5.91 Å². The van der Waals surface area contributed by atoms with Crippen molar-refractivity contribution in [1.29, 1.82) is 0 Å². The third-order valence-corrected chi connectivity index (χ3v) is 6.74. The highest BCUT2D eigenvalue weighted by Gasteiger charge is 2.49. The lowest BCUT2D eigenvalue weighted by molar-refractivity contribution is -0.133. The molecular weight excluding hydrogens is 454 g/mol. The van der Waals surface area contributed by atoms with Crippen LogP contribution in [0, 0.1) is 20.8 Å². The van der Waals surface area contributed by atoms with Crippen molar-refractivity contribution in [3.8, 4) is 5.69 Å². The molecule has 1 fully saturated rings. The van der Waals surface area contributed by atoms with Crippen molar-refractivity contribution in [2.75, 3.05) is 11.9 Å². The highest BCUT2D eigenvalue weighted by molar-refractivity contribution is 6.10. The molecule has 0 spiro atoms. The summed E-state index contributed by atoms with van der Waals surface area (Å²) >= 11 is 0. The van der Waals surface area contributed by atoms with Gasteiger partial charge in [-0.15, -0.1) is 0 Å². The second-order valence-corrected chi connectivity index (χ2v) is 10.6. The maximum Gasteiger partial charge on any atom is 0.325 e. The van der Waals surface area contributed by atoms with Gasteiger partial charge in [-0.3, -0.25) is 14.5 Å². The van der Waals surface area contributed by atoms with Crippen LogP contribution in [0.25, 0.3) is 5.69 Å². The molecule has 3 aromatic rings. The normalized spacial score (nSPS) is 17.9. The Balaban J connectivity index is 1.50. The van der Waals surface area contributed by atoms with Gasteiger partial charge in [0.1, 0.15) is 12.1 Å². The largest absolute Gasteiger partial charge is 0.325 e. The molecule has 2 aromatic carbocycles. The molecule has 188 valence electrons. The van der Waals surface area contributed by atoms with Gasteiger partial charge in [0.2, 0.25) is 5.91 Å². The molecule has 1 aliphatic rings. The van der Waals surface area contributed by atoms with Crippen LogP contribution in [0.1, 0.15) is 55.8 Å². The highest BCUT2D eigenvalue weighted by Crippen LogP contribution is 2.31. The van der Waals surface area contributed by atoms with Crippen LogP contribution in [0.4, 0.5) is 10.5 Å². The first-order valence-corrected chi connectivity index (χ1v) is 12.0. The summed E-state index contributed by atoms with van der Waals surface area (Å²) in [4.78, 5) is 39.9. The van der Waals surface area contributed by atoms with Crippen LogP contribution in [0.2, 0.25) is 0 Å². The quantitative estimate of drug-likeness (QED) is 0.518. The van der Waals surface area contributed by atoms with Gasteiger partial charge in [0, 0.05) is 0 Å². The molecule has 0 radical (unpaired) electrons. The van der Waals surface area contributed by atoms with E-state index in [-0.39, 0.29) is 5.41 Å². The summed E-state index contributed by atoms with van der Waals surface area (Å²) in [5, 5.41) is 10.2. The van der Waals surface area contributed by atoms with Gasteiger partial charge in [-0.25, -0.2) is 9.48 Å². The average Bonchev–Trinajstić information content (AvgIpc) is 3.21. The van der Waals surface area contributed by atoms with E-state index in [1.807, 2.05) is 62.4 Å². The third kappa shape index (κ3) is 4.51. The average molecular weight is 488 g/mol. The SMILES string of the molecule is Cc1ccc(-n2nc(C)c(NC(=O)CN3C(=O)NC(C)(c4ccc(C(C)(C)C)cc4)C3=O)c2C)cc1. The fourth-order valence-corrected chi connectivity index (χ4v) is 4.42. The van der Waals surface area contributed by atoms with E-state index in [2.05, 4.69) is 36.5 Å². The van der Waals surface area contributed by atoms with Crippen LogP contribution in [0.5, 0.6) is 0 Å². The summed E-state index contributed by atoms with van der Waals surface area (Å²) in [7, 11) is 0. The van der Waals surface area contributed by atoms with Crippen molar-refractivity contribution >= 4 is 23.5 Å². The number of benzene rings is 2. The standard InChI is InChI=1S/C28H33N5O3/c1-17-8-14-22(15-9-17)33-19(3)24(18(2)31-33)29-23(34)16-32-25(35)28(7,30-26(32)36)21-12-10-20(11-13-21)27(4,5)6/h8-15H,16H2,1-7H3,(H,29,34)(H,30,36). The van der Waals surface area contributed by atoms with Crippen molar-refractivity contribution < 1.29 is 14.4 Å². The predicted molar refractivity (Wildman–Crippen MR) is 139 cm³/mol. The fourth-order valence-electron chi connectivity index (χ4n) is 4.42. The summed E-state index contributed by atoms with van der Waals surface area (Å²) in [5.74, 6) is -0.935. The number of hydrogen-bond acceptors (Lipinski definition) is 4. The molecule has 4 amide bonds. The summed E-state index contributed by atoms with van der Waals surface area (Å²) in [6, 6.07) is 15.0. The number of rotatable bonds is 5. The van der Waals surface area contributed by atoms with Gasteiger partial charge in [0.15, 0.2) is 0 Å². The molecule has 2 heterocycles. The number of imide groups is 1. The second kappa shape index (κ2) is 8.93. The smallest absolute Gasteiger partial charge is 0.321 e. The summed E-state index contributed by atoms with van der Waals surface area (Å²) in [5.41, 5.74) is 4.50. The minimum absolute atomic E-state index is 0.0317. The Morgan fingerprint density at radius 3 is 2.19 bits per heavy atom. The van der Waals surface area contributed by atoms with E-state index in [0.29, 0.717) is 16.9 Å². The van der Waals surface area contributed by atoms with E-state index in [1.165, 1.54) is 0 Å². The van der Waals surface area contributed by atoms with E-state index in [0.717, 1.165) is 27.4 Å². The van der Waals surface area contributed by atoms with Crippen molar-refractivity contribution in [3.05, 3.63) is 76.6 Å². The van der Waals surface area contributed by atoms with Crippen molar-refractivity contribution in [1.82, 2.24) is 20.0 Å². The topological polar surface area (TPSA) is 96.3 Å². The number of urea groups is 1. The van der Waals surface area contributed by atoms with Gasteiger partial charge < -0.3 is 10.6 Å². The van der Waals surface area contributed by atoms with Crippen LogP contribution in [-0.2, 0) is 20.5 Å². The monoisotopic (exact) mass is 487 g/mol. The number of aryl methyl sites for hydroxylation is 2. The lowest BCUT2D eigenvalue weighted by Gasteiger charge is -2.24. The van der Waals surface area contributed by atoms with Crippen molar-refractivity contribution in [2.45, 2.75) is 59.4 Å². The Labute approximate surface area is 211 Å². The molecule has 1 unspecified atom stereocenters. The molecule has 0 bridgehead atoms. The number of amides is 4. The van der Waals surface area contributed by atoms with Gasteiger partial charge in [-0.05, 0) is 56.4 Å². The number of hydrogen-bond donors (Lipinski definition) is 2.